The molecule has 6 fully saturated rings. The zero-order valence-electron chi connectivity index (χ0n) is 15.9. The lowest BCUT2D eigenvalue weighted by Gasteiger charge is -2.70. The van der Waals surface area contributed by atoms with E-state index < -0.39 is 5.41 Å². The Bertz CT molecular complexity index is 702. The number of carbonyl (C=O) groups excluding carboxylic acids is 2. The summed E-state index contributed by atoms with van der Waals surface area (Å²) in [5.74, 6) is 1.21. The maximum absolute atomic E-state index is 13.5. The van der Waals surface area contributed by atoms with Gasteiger partial charge >= 0.3 is 0 Å². The van der Waals surface area contributed by atoms with Gasteiger partial charge in [-0.05, 0) is 66.3 Å². The molecule has 1 aliphatic heterocycles. The van der Waals surface area contributed by atoms with Gasteiger partial charge in [-0.3, -0.25) is 14.5 Å². The Morgan fingerprint density at radius 1 is 1.19 bits per heavy atom. The third kappa shape index (κ3) is 1.83. The number of aliphatic hydroxyl groups is 1. The number of rotatable bonds is 2. The summed E-state index contributed by atoms with van der Waals surface area (Å²) in [5, 5.41) is 9.55. The Balaban J connectivity index is 1.65. The fraction of sp³-hybridized carbons (Fsp3) is 0.818. The second-order valence-corrected chi connectivity index (χ2v) is 10.2. The van der Waals surface area contributed by atoms with Gasteiger partial charge in [0.25, 0.3) is 0 Å². The number of Topliss-reactive ketones (excluding diaryl/α,β-unsaturated/α-hetero) is 2. The van der Waals surface area contributed by atoms with Crippen molar-refractivity contribution in [2.24, 2.45) is 34.0 Å². The number of fused-ring (bicyclic) bond motifs is 2. The minimum Gasteiger partial charge on any atom is -0.395 e. The summed E-state index contributed by atoms with van der Waals surface area (Å²) in [7, 11) is 0. The molecule has 0 aromatic rings. The molecule has 0 amide bonds. The van der Waals surface area contributed by atoms with Crippen molar-refractivity contribution in [3.8, 4) is 0 Å². The number of allylic oxidation sites excluding steroid dienone is 1. The van der Waals surface area contributed by atoms with E-state index in [-0.39, 0.29) is 40.8 Å². The third-order valence-corrected chi connectivity index (χ3v) is 9.22. The molecule has 6 rings (SSSR count). The molecule has 4 nitrogen and oxygen atoms in total. The number of carbonyl (C=O) groups is 2. The van der Waals surface area contributed by atoms with Gasteiger partial charge in [-0.25, -0.2) is 0 Å². The maximum Gasteiger partial charge on any atom is 0.172 e. The first-order valence-corrected chi connectivity index (χ1v) is 10.5. The minimum atomic E-state index is -0.761. The number of β-amino-alcohol motifs (C(OH)–C–C–N with tert-alkyl or cyclic N) is 1. The van der Waals surface area contributed by atoms with E-state index in [4.69, 9.17) is 0 Å². The second kappa shape index (κ2) is 5.29. The van der Waals surface area contributed by atoms with E-state index in [9.17, 15) is 14.7 Å². The van der Waals surface area contributed by atoms with Gasteiger partial charge in [0.2, 0.25) is 0 Å². The van der Waals surface area contributed by atoms with E-state index in [2.05, 4.69) is 18.4 Å². The summed E-state index contributed by atoms with van der Waals surface area (Å²) in [6, 6.07) is 0. The topological polar surface area (TPSA) is 57.6 Å². The highest BCUT2D eigenvalue weighted by atomic mass is 16.3. The first kappa shape index (κ1) is 17.1. The molecule has 6 aliphatic rings. The molecule has 5 aliphatic carbocycles. The first-order valence-electron chi connectivity index (χ1n) is 10.5. The number of likely N-dealkylation sites (tertiary alicyclic amines) is 1. The molecule has 5 saturated carbocycles. The Kier molecular flexibility index (Phi) is 3.48. The van der Waals surface area contributed by atoms with Crippen LogP contribution in [0.5, 0.6) is 0 Å². The number of nitrogens with zero attached hydrogens (tertiary/aromatic N) is 1. The second-order valence-electron chi connectivity index (χ2n) is 10.2. The SMILES string of the molecule is C=C1C(=O)C23CC[C@H]1CC2[C@@]12CCC[C@@](C)(CN(CCO)C1)C2CC3=O. The number of aliphatic hydroxyl groups excluding tert-OH is 1. The molecule has 1 saturated heterocycles. The van der Waals surface area contributed by atoms with Crippen molar-refractivity contribution < 1.29 is 14.7 Å². The van der Waals surface area contributed by atoms with Crippen LogP contribution in [-0.2, 0) is 9.59 Å². The maximum atomic E-state index is 13.5. The van der Waals surface area contributed by atoms with Crippen molar-refractivity contribution >= 4 is 11.6 Å². The van der Waals surface area contributed by atoms with E-state index in [1.807, 2.05) is 0 Å². The summed E-state index contributed by atoms with van der Waals surface area (Å²) < 4.78 is 0. The van der Waals surface area contributed by atoms with Gasteiger partial charge in [-0.15, -0.1) is 0 Å². The fourth-order valence-electron chi connectivity index (χ4n) is 8.29. The molecule has 0 aromatic carbocycles. The molecule has 142 valence electrons. The predicted molar refractivity (Wildman–Crippen MR) is 98.4 cm³/mol. The molecule has 26 heavy (non-hydrogen) atoms. The number of hydrogen-bond acceptors (Lipinski definition) is 4. The molecule has 0 aromatic heterocycles. The van der Waals surface area contributed by atoms with E-state index >= 15 is 0 Å². The van der Waals surface area contributed by atoms with Gasteiger partial charge in [0.1, 0.15) is 5.78 Å². The molecular weight excluding hydrogens is 326 g/mol. The van der Waals surface area contributed by atoms with E-state index in [1.54, 1.807) is 0 Å². The lowest BCUT2D eigenvalue weighted by atomic mass is 9.35. The van der Waals surface area contributed by atoms with E-state index in [0.717, 1.165) is 44.3 Å². The highest BCUT2D eigenvalue weighted by molar-refractivity contribution is 6.16. The molecule has 4 heteroatoms. The van der Waals surface area contributed by atoms with Crippen LogP contribution in [0.25, 0.3) is 0 Å². The van der Waals surface area contributed by atoms with Crippen molar-refractivity contribution in [2.75, 3.05) is 26.2 Å². The lowest BCUT2D eigenvalue weighted by molar-refractivity contribution is -0.211. The zero-order chi connectivity index (χ0) is 18.3. The normalized spacial score (nSPS) is 50.5. The summed E-state index contributed by atoms with van der Waals surface area (Å²) in [6.45, 7) is 9.29. The van der Waals surface area contributed by atoms with Crippen molar-refractivity contribution in [3.63, 3.8) is 0 Å². The van der Waals surface area contributed by atoms with Crippen molar-refractivity contribution in [3.05, 3.63) is 12.2 Å². The van der Waals surface area contributed by atoms with Crippen LogP contribution in [0.1, 0.15) is 51.9 Å². The van der Waals surface area contributed by atoms with Crippen LogP contribution in [0.4, 0.5) is 0 Å². The van der Waals surface area contributed by atoms with Crippen molar-refractivity contribution in [2.45, 2.75) is 51.9 Å². The van der Waals surface area contributed by atoms with Crippen LogP contribution in [0.3, 0.4) is 0 Å². The summed E-state index contributed by atoms with van der Waals surface area (Å²) in [4.78, 5) is 29.2. The van der Waals surface area contributed by atoms with Crippen molar-refractivity contribution in [1.82, 2.24) is 4.90 Å². The Morgan fingerprint density at radius 2 is 2.00 bits per heavy atom. The smallest absolute Gasteiger partial charge is 0.172 e. The van der Waals surface area contributed by atoms with Crippen LogP contribution in [0.15, 0.2) is 12.2 Å². The van der Waals surface area contributed by atoms with Gasteiger partial charge < -0.3 is 5.11 Å². The largest absolute Gasteiger partial charge is 0.395 e. The molecule has 4 bridgehead atoms. The van der Waals surface area contributed by atoms with Crippen LogP contribution < -0.4 is 0 Å². The van der Waals surface area contributed by atoms with E-state index in [1.165, 1.54) is 12.8 Å². The van der Waals surface area contributed by atoms with Crippen LogP contribution >= 0.6 is 0 Å². The molecule has 3 unspecified atom stereocenters. The van der Waals surface area contributed by atoms with Gasteiger partial charge in [0.15, 0.2) is 5.78 Å². The quantitative estimate of drug-likeness (QED) is 0.610. The van der Waals surface area contributed by atoms with Crippen LogP contribution in [-0.4, -0.2) is 47.8 Å². The minimum absolute atomic E-state index is 0.0728. The monoisotopic (exact) mass is 357 g/mol. The summed E-state index contributed by atoms with van der Waals surface area (Å²) in [5.41, 5.74) is 0.184. The van der Waals surface area contributed by atoms with Crippen LogP contribution in [0, 0.1) is 34.0 Å². The number of ketones is 2. The first-order chi connectivity index (χ1) is 12.4. The van der Waals surface area contributed by atoms with Crippen molar-refractivity contribution in [1.29, 1.82) is 0 Å². The van der Waals surface area contributed by atoms with Gasteiger partial charge in [-0.2, -0.15) is 0 Å². The Labute approximate surface area is 156 Å². The molecular formula is C22H31NO3. The standard InChI is InChI=1S/C22H31NO3/c1-14-15-4-7-22(19(14)26)17(10-15)21-6-3-5-20(2,16(21)11-18(22)25)12-23(13-21)8-9-24/h15-17,24H,1,3-13H2,2H3/t15-,16?,17?,20-,21-,22?/m0/s1. The third-order valence-electron chi connectivity index (χ3n) is 9.22. The zero-order valence-corrected chi connectivity index (χ0v) is 15.9. The lowest BCUT2D eigenvalue weighted by Crippen LogP contribution is -2.72. The predicted octanol–water partition coefficient (Wildman–Crippen LogP) is 2.60. The number of piperidine rings is 1. The fourth-order valence-corrected chi connectivity index (χ4v) is 8.29. The molecule has 0 radical (unpaired) electrons. The molecule has 6 atom stereocenters. The average molecular weight is 357 g/mol. The average Bonchev–Trinajstić information content (AvgIpc) is 2.60. The van der Waals surface area contributed by atoms with Gasteiger partial charge in [0.05, 0.1) is 12.0 Å². The molecule has 1 spiro atoms. The van der Waals surface area contributed by atoms with Gasteiger partial charge in [-0.1, -0.05) is 19.9 Å². The summed E-state index contributed by atoms with van der Waals surface area (Å²) >= 11 is 0. The summed E-state index contributed by atoms with van der Waals surface area (Å²) in [6.07, 6.45) is 6.80. The Hall–Kier alpha value is -1.00. The van der Waals surface area contributed by atoms with Gasteiger partial charge in [0, 0.05) is 26.1 Å². The highest BCUT2D eigenvalue weighted by Crippen LogP contribution is 2.71. The van der Waals surface area contributed by atoms with Crippen LogP contribution in [0.2, 0.25) is 0 Å². The molecule has 1 N–H and O–H groups in total. The molecule has 1 heterocycles. The Morgan fingerprint density at radius 3 is 2.77 bits per heavy atom. The number of hydrogen-bond donors (Lipinski definition) is 1. The van der Waals surface area contributed by atoms with E-state index in [0.29, 0.717) is 18.9 Å². The highest BCUT2D eigenvalue weighted by Gasteiger charge is 2.72.